The van der Waals surface area contributed by atoms with E-state index in [1.165, 1.54) is 0 Å². The van der Waals surface area contributed by atoms with E-state index in [1.54, 1.807) is 13.8 Å². The normalized spacial score (nSPS) is 10.3. The van der Waals surface area contributed by atoms with Crippen molar-refractivity contribution in [2.24, 2.45) is 0 Å². The fourth-order valence-electron chi connectivity index (χ4n) is 1.14. The molecule has 88 valence electrons. The molecule has 0 N–H and O–H groups in total. The Labute approximate surface area is 137 Å². The maximum atomic E-state index is 11.1. The van der Waals surface area contributed by atoms with E-state index in [0.29, 0.717) is 95.2 Å². The first-order valence-electron chi connectivity index (χ1n) is 5.59. The molecule has 0 aromatic heterocycles. The molecule has 0 amide bonds. The molecule has 0 spiro atoms. The molecule has 0 aliphatic heterocycles. The summed E-state index contributed by atoms with van der Waals surface area (Å²) in [5.74, 6) is -0.339. The number of ether oxygens (including phenoxy) is 2. The molecule has 0 unspecified atom stereocenters. The Morgan fingerprint density at radius 2 is 1.38 bits per heavy atom. The molecule has 0 saturated carbocycles. The van der Waals surface area contributed by atoms with Crippen LogP contribution in [0.1, 0.15) is 26.7 Å². The van der Waals surface area contributed by atoms with E-state index in [4.69, 9.17) is 9.47 Å². The van der Waals surface area contributed by atoms with Crippen LogP contribution < -0.4 is 0 Å². The Balaban J connectivity index is 3.54. The summed E-state index contributed by atoms with van der Waals surface area (Å²) in [5.41, 5.74) is 0. The topological polar surface area (TPSA) is 55.8 Å². The van der Waals surface area contributed by atoms with Gasteiger partial charge in [-0.05, 0) is 0 Å². The van der Waals surface area contributed by atoms with Gasteiger partial charge in [-0.1, -0.05) is 0 Å². The summed E-state index contributed by atoms with van der Waals surface area (Å²) >= 11 is 0.297. The van der Waals surface area contributed by atoms with Crippen molar-refractivity contribution >= 4 is 68.0 Å². The minimum absolute atomic E-state index is 0.170. The summed E-state index contributed by atoms with van der Waals surface area (Å²) in [6, 6.07) is 0. The number of nitrogens with zero attached hydrogens (tertiary/aromatic N) is 1. The van der Waals surface area contributed by atoms with Gasteiger partial charge in [0, 0.05) is 0 Å². The van der Waals surface area contributed by atoms with Crippen LogP contribution >= 0.6 is 0 Å². The van der Waals surface area contributed by atoms with Crippen LogP contribution in [0.15, 0.2) is 0 Å². The molecule has 6 heteroatoms. The fraction of sp³-hybridized carbons (Fsp3) is 0.800. The Hall–Kier alpha value is 0.705. The molecule has 16 heavy (non-hydrogen) atoms. The zero-order valence-corrected chi connectivity index (χ0v) is 15.2. The van der Waals surface area contributed by atoms with Crippen molar-refractivity contribution < 1.29 is 19.1 Å². The Kier molecular flexibility index (Phi) is 11.3. The first kappa shape index (κ1) is 16.7. The SMILES string of the molecule is CCOC(=O)CC[N]([Rb])CCC(=O)OCC. The standard InChI is InChI=1S/C10H18NO4.Rb/c1-3-14-9(12)5-7-11-8-6-10(13)15-4-2;/h3-8H2,1-2H3;/q-1;+1. The van der Waals surface area contributed by atoms with Crippen LogP contribution in [0.25, 0.3) is 0 Å². The van der Waals surface area contributed by atoms with Gasteiger partial charge in [0.1, 0.15) is 0 Å². The van der Waals surface area contributed by atoms with Gasteiger partial charge < -0.3 is 0 Å². The molecular formula is C10H18NO4Rb. The predicted octanol–water partition coefficient (Wildman–Crippen LogP) is 0.278. The monoisotopic (exact) mass is 301 g/mol. The molecule has 0 heterocycles. The number of rotatable bonds is 8. The molecule has 0 aromatic carbocycles. The summed E-state index contributed by atoms with van der Waals surface area (Å²) in [5, 5.41) is 0. The summed E-state index contributed by atoms with van der Waals surface area (Å²) in [4.78, 5) is 22.1. The average Bonchev–Trinajstić information content (AvgIpc) is 2.24. The molecule has 0 saturated heterocycles. The summed E-state index contributed by atoms with van der Waals surface area (Å²) < 4.78 is 11.8. The van der Waals surface area contributed by atoms with Crippen LogP contribution in [-0.4, -0.2) is 92.9 Å². The van der Waals surface area contributed by atoms with Gasteiger partial charge in [-0.3, -0.25) is 0 Å². The second-order valence-corrected chi connectivity index (χ2v) is 6.52. The molecule has 0 atom stereocenters. The molecule has 0 aliphatic rings. The number of carbonyl (C=O) groups is 2. The summed E-state index contributed by atoms with van der Waals surface area (Å²) in [6.07, 6.45) is 0.814. The van der Waals surface area contributed by atoms with Gasteiger partial charge in [0.05, 0.1) is 0 Å². The molecule has 0 bridgehead atoms. The van der Waals surface area contributed by atoms with E-state index in [2.05, 4.69) is -1.36 Å². The van der Waals surface area contributed by atoms with Crippen molar-refractivity contribution in [2.75, 3.05) is 26.3 Å². The van der Waals surface area contributed by atoms with E-state index >= 15 is 0 Å². The third kappa shape index (κ3) is 9.90. The van der Waals surface area contributed by atoms with Gasteiger partial charge in [0.25, 0.3) is 0 Å². The van der Waals surface area contributed by atoms with E-state index in [1.807, 2.05) is 0 Å². The minimum atomic E-state index is -0.170. The van der Waals surface area contributed by atoms with Crippen LogP contribution in [0, 0.1) is 0 Å². The Morgan fingerprint density at radius 1 is 1.00 bits per heavy atom. The summed E-state index contributed by atoms with van der Waals surface area (Å²) in [7, 11) is 0. The number of carbonyl (C=O) groups excluding carboxylic acids is 2. The van der Waals surface area contributed by atoms with E-state index in [0.717, 1.165) is 0 Å². The van der Waals surface area contributed by atoms with Gasteiger partial charge in [0.2, 0.25) is 0 Å². The van der Waals surface area contributed by atoms with E-state index in [9.17, 15) is 9.59 Å². The molecule has 0 rings (SSSR count). The van der Waals surface area contributed by atoms with Crippen LogP contribution in [0.2, 0.25) is 0 Å². The first-order chi connectivity index (χ1) is 7.60. The van der Waals surface area contributed by atoms with Crippen LogP contribution in [-0.2, 0) is 19.1 Å². The average molecular weight is 302 g/mol. The molecule has 0 aromatic rings. The third-order valence-corrected chi connectivity index (χ3v) is 4.20. The van der Waals surface area contributed by atoms with E-state index in [-0.39, 0.29) is 11.9 Å². The second kappa shape index (κ2) is 10.8. The zero-order chi connectivity index (χ0) is 12.4. The van der Waals surface area contributed by atoms with Crippen LogP contribution in [0.3, 0.4) is 0 Å². The Morgan fingerprint density at radius 3 is 1.69 bits per heavy atom. The molecule has 0 aliphatic carbocycles. The van der Waals surface area contributed by atoms with Crippen molar-refractivity contribution in [1.82, 2.24) is -1.36 Å². The van der Waals surface area contributed by atoms with E-state index < -0.39 is 0 Å². The maximum absolute atomic E-state index is 11.1. The van der Waals surface area contributed by atoms with Gasteiger partial charge in [-0.15, -0.1) is 0 Å². The predicted molar refractivity (Wildman–Crippen MR) is 59.8 cm³/mol. The van der Waals surface area contributed by atoms with Crippen molar-refractivity contribution in [2.45, 2.75) is 26.7 Å². The Bertz CT molecular complexity index is 201. The van der Waals surface area contributed by atoms with Crippen molar-refractivity contribution in [3.63, 3.8) is 0 Å². The zero-order valence-electron chi connectivity index (χ0n) is 10.3. The van der Waals surface area contributed by atoms with Gasteiger partial charge in [-0.2, -0.15) is 0 Å². The van der Waals surface area contributed by atoms with Gasteiger partial charge in [-0.25, -0.2) is 0 Å². The quantitative estimate of drug-likeness (QED) is 0.603. The van der Waals surface area contributed by atoms with Gasteiger partial charge >= 0.3 is 139 Å². The summed E-state index contributed by atoms with van der Waals surface area (Å²) in [6.45, 7) is 5.81. The van der Waals surface area contributed by atoms with Gasteiger partial charge in [0.15, 0.2) is 0 Å². The van der Waals surface area contributed by atoms with Crippen LogP contribution in [0.5, 0.6) is 0 Å². The fourth-order valence-corrected chi connectivity index (χ4v) is 2.24. The van der Waals surface area contributed by atoms with Crippen molar-refractivity contribution in [3.8, 4) is 0 Å². The molecule has 0 radical (unpaired) electrons. The molecule has 5 nitrogen and oxygen atoms in total. The van der Waals surface area contributed by atoms with Crippen molar-refractivity contribution in [1.29, 1.82) is 0 Å². The number of hydrogen-bond donors (Lipinski definition) is 0. The third-order valence-electron chi connectivity index (χ3n) is 2.01. The molecule has 0 fully saturated rings. The first-order valence-corrected chi connectivity index (χ1v) is 7.79. The van der Waals surface area contributed by atoms with Crippen LogP contribution in [0.4, 0.5) is 0 Å². The second-order valence-electron chi connectivity index (χ2n) is 3.41. The number of hydrogen-bond acceptors (Lipinski definition) is 5. The molecular weight excluding hydrogens is 284 g/mol. The van der Waals surface area contributed by atoms with Crippen molar-refractivity contribution in [3.05, 3.63) is 0 Å². The number of esters is 2.